The third-order valence-electron chi connectivity index (χ3n) is 3.17. The molecule has 0 bridgehead atoms. The fourth-order valence-electron chi connectivity index (χ4n) is 2.29. The van der Waals surface area contributed by atoms with Crippen LogP contribution in [0.3, 0.4) is 0 Å². The Morgan fingerprint density at radius 1 is 1.56 bits per heavy atom. The molecule has 0 aromatic heterocycles. The van der Waals surface area contributed by atoms with E-state index in [2.05, 4.69) is 5.32 Å². The van der Waals surface area contributed by atoms with Crippen molar-refractivity contribution >= 4 is 11.6 Å². The van der Waals surface area contributed by atoms with Crippen molar-refractivity contribution in [3.05, 3.63) is 29.8 Å². The van der Waals surface area contributed by atoms with E-state index in [-0.39, 0.29) is 12.0 Å². The second-order valence-electron chi connectivity index (χ2n) is 4.66. The van der Waals surface area contributed by atoms with Gasteiger partial charge in [0, 0.05) is 30.9 Å². The Morgan fingerprint density at radius 2 is 2.39 bits per heavy atom. The predicted molar refractivity (Wildman–Crippen MR) is 71.8 cm³/mol. The summed E-state index contributed by atoms with van der Waals surface area (Å²) in [5.74, 6) is 0.00787. The van der Waals surface area contributed by atoms with E-state index in [1.807, 2.05) is 31.2 Å². The maximum Gasteiger partial charge on any atom is 0.254 e. The second kappa shape index (κ2) is 5.87. The molecule has 2 N–H and O–H groups in total. The number of likely N-dealkylation sites (tertiary alicyclic amines) is 1. The number of anilines is 1. The van der Waals surface area contributed by atoms with Crippen molar-refractivity contribution in [2.24, 2.45) is 0 Å². The van der Waals surface area contributed by atoms with Crippen LogP contribution in [0, 0.1) is 0 Å². The topological polar surface area (TPSA) is 52.6 Å². The van der Waals surface area contributed by atoms with Crippen molar-refractivity contribution in [1.82, 2.24) is 4.90 Å². The number of rotatable bonds is 3. The van der Waals surface area contributed by atoms with E-state index < -0.39 is 0 Å². The van der Waals surface area contributed by atoms with Gasteiger partial charge in [-0.05, 0) is 38.0 Å². The number of aliphatic hydroxyl groups excluding tert-OH is 1. The largest absolute Gasteiger partial charge is 0.391 e. The summed E-state index contributed by atoms with van der Waals surface area (Å²) >= 11 is 0. The molecule has 18 heavy (non-hydrogen) atoms. The van der Waals surface area contributed by atoms with Gasteiger partial charge in [-0.15, -0.1) is 0 Å². The first-order chi connectivity index (χ1) is 8.70. The van der Waals surface area contributed by atoms with Crippen molar-refractivity contribution in [2.45, 2.75) is 25.9 Å². The Labute approximate surface area is 108 Å². The molecule has 1 fully saturated rings. The van der Waals surface area contributed by atoms with Crippen LogP contribution >= 0.6 is 0 Å². The van der Waals surface area contributed by atoms with Gasteiger partial charge < -0.3 is 15.3 Å². The van der Waals surface area contributed by atoms with Crippen molar-refractivity contribution < 1.29 is 9.90 Å². The summed E-state index contributed by atoms with van der Waals surface area (Å²) in [5, 5.41) is 12.8. The van der Waals surface area contributed by atoms with Crippen molar-refractivity contribution in [3.63, 3.8) is 0 Å². The molecule has 1 aliphatic rings. The summed E-state index contributed by atoms with van der Waals surface area (Å²) in [7, 11) is 0. The van der Waals surface area contributed by atoms with Gasteiger partial charge in [-0.3, -0.25) is 4.79 Å². The van der Waals surface area contributed by atoms with Crippen LogP contribution in [0.4, 0.5) is 5.69 Å². The average molecular weight is 248 g/mol. The van der Waals surface area contributed by atoms with Crippen LogP contribution in [0.25, 0.3) is 0 Å². The maximum atomic E-state index is 12.3. The van der Waals surface area contributed by atoms with E-state index in [1.54, 1.807) is 4.90 Å². The lowest BCUT2D eigenvalue weighted by Gasteiger charge is -2.30. The molecule has 0 saturated carbocycles. The summed E-state index contributed by atoms with van der Waals surface area (Å²) in [5.41, 5.74) is 1.64. The Kier molecular flexibility index (Phi) is 4.20. The number of nitrogens with zero attached hydrogens (tertiary/aromatic N) is 1. The quantitative estimate of drug-likeness (QED) is 0.856. The lowest BCUT2D eigenvalue weighted by molar-refractivity contribution is 0.0474. The fraction of sp³-hybridized carbons (Fsp3) is 0.500. The van der Waals surface area contributed by atoms with Gasteiger partial charge in [0.15, 0.2) is 0 Å². The number of hydrogen-bond donors (Lipinski definition) is 2. The SMILES string of the molecule is CCNc1cccc(C(=O)N2CCCC(O)C2)c1. The van der Waals surface area contributed by atoms with Crippen LogP contribution in [-0.4, -0.2) is 41.7 Å². The minimum atomic E-state index is -0.375. The van der Waals surface area contributed by atoms with E-state index in [1.165, 1.54) is 0 Å². The predicted octanol–water partition coefficient (Wildman–Crippen LogP) is 1.72. The number of amides is 1. The van der Waals surface area contributed by atoms with Crippen LogP contribution in [0.5, 0.6) is 0 Å². The first-order valence-electron chi connectivity index (χ1n) is 6.52. The van der Waals surface area contributed by atoms with Gasteiger partial charge in [0.05, 0.1) is 6.10 Å². The van der Waals surface area contributed by atoms with Crippen LogP contribution in [0.15, 0.2) is 24.3 Å². The first-order valence-corrected chi connectivity index (χ1v) is 6.52. The van der Waals surface area contributed by atoms with Crippen LogP contribution in [0.2, 0.25) is 0 Å². The van der Waals surface area contributed by atoms with Gasteiger partial charge in [0.1, 0.15) is 0 Å². The summed E-state index contributed by atoms with van der Waals surface area (Å²) in [4.78, 5) is 14.0. The monoisotopic (exact) mass is 248 g/mol. The van der Waals surface area contributed by atoms with Crippen molar-refractivity contribution in [2.75, 3.05) is 25.0 Å². The molecule has 98 valence electrons. The number of aliphatic hydroxyl groups is 1. The Balaban J connectivity index is 2.10. The van der Waals surface area contributed by atoms with Gasteiger partial charge in [-0.1, -0.05) is 6.07 Å². The van der Waals surface area contributed by atoms with Gasteiger partial charge in [-0.2, -0.15) is 0 Å². The minimum absolute atomic E-state index is 0.00787. The molecule has 2 rings (SSSR count). The zero-order valence-corrected chi connectivity index (χ0v) is 10.7. The molecule has 1 atom stereocenters. The van der Waals surface area contributed by atoms with E-state index >= 15 is 0 Å². The summed E-state index contributed by atoms with van der Waals surface area (Å²) in [6.45, 7) is 4.04. The van der Waals surface area contributed by atoms with E-state index in [0.29, 0.717) is 12.1 Å². The molecule has 1 heterocycles. The molecular formula is C14H20N2O2. The number of hydrogen-bond acceptors (Lipinski definition) is 3. The molecule has 1 unspecified atom stereocenters. The van der Waals surface area contributed by atoms with Crippen LogP contribution in [0.1, 0.15) is 30.1 Å². The molecule has 1 saturated heterocycles. The highest BCUT2D eigenvalue weighted by atomic mass is 16.3. The number of carbonyl (C=O) groups is 1. The summed E-state index contributed by atoms with van der Waals surface area (Å²) in [6.07, 6.45) is 1.29. The first kappa shape index (κ1) is 12.9. The van der Waals surface area contributed by atoms with E-state index in [4.69, 9.17) is 0 Å². The van der Waals surface area contributed by atoms with Crippen LogP contribution in [-0.2, 0) is 0 Å². The Bertz CT molecular complexity index is 420. The summed E-state index contributed by atoms with van der Waals surface area (Å²) in [6, 6.07) is 7.52. The molecule has 1 aliphatic heterocycles. The van der Waals surface area contributed by atoms with E-state index in [9.17, 15) is 9.90 Å². The van der Waals surface area contributed by atoms with Crippen molar-refractivity contribution in [1.29, 1.82) is 0 Å². The van der Waals surface area contributed by atoms with Crippen molar-refractivity contribution in [3.8, 4) is 0 Å². The smallest absolute Gasteiger partial charge is 0.254 e. The maximum absolute atomic E-state index is 12.3. The molecule has 4 nitrogen and oxygen atoms in total. The third kappa shape index (κ3) is 3.01. The zero-order valence-electron chi connectivity index (χ0n) is 10.7. The number of carbonyl (C=O) groups excluding carboxylic acids is 1. The van der Waals surface area contributed by atoms with Gasteiger partial charge in [-0.25, -0.2) is 0 Å². The highest BCUT2D eigenvalue weighted by Crippen LogP contribution is 2.16. The standard InChI is InChI=1S/C14H20N2O2/c1-2-15-12-6-3-5-11(9-12)14(18)16-8-4-7-13(17)10-16/h3,5-6,9,13,15,17H,2,4,7-8,10H2,1H3. The van der Waals surface area contributed by atoms with Crippen LogP contribution < -0.4 is 5.32 Å². The zero-order chi connectivity index (χ0) is 13.0. The number of nitrogens with one attached hydrogen (secondary N) is 1. The van der Waals surface area contributed by atoms with E-state index in [0.717, 1.165) is 31.6 Å². The third-order valence-corrected chi connectivity index (χ3v) is 3.17. The lowest BCUT2D eigenvalue weighted by atomic mass is 10.1. The minimum Gasteiger partial charge on any atom is -0.391 e. The molecule has 0 radical (unpaired) electrons. The van der Waals surface area contributed by atoms with Gasteiger partial charge in [0.2, 0.25) is 0 Å². The molecule has 4 heteroatoms. The number of β-amino-alcohol motifs (C(OH)–C–C–N with tert-alkyl or cyclic N) is 1. The molecule has 1 aromatic rings. The molecular weight excluding hydrogens is 228 g/mol. The Morgan fingerprint density at radius 3 is 3.11 bits per heavy atom. The highest BCUT2D eigenvalue weighted by molar-refractivity contribution is 5.95. The normalized spacial score (nSPS) is 19.7. The summed E-state index contributed by atoms with van der Waals surface area (Å²) < 4.78 is 0. The highest BCUT2D eigenvalue weighted by Gasteiger charge is 2.22. The number of piperidine rings is 1. The lowest BCUT2D eigenvalue weighted by Crippen LogP contribution is -2.42. The molecule has 0 aliphatic carbocycles. The Hall–Kier alpha value is -1.55. The number of benzene rings is 1. The second-order valence-corrected chi connectivity index (χ2v) is 4.66. The van der Waals surface area contributed by atoms with Gasteiger partial charge >= 0.3 is 0 Å². The molecule has 1 aromatic carbocycles. The molecule has 0 spiro atoms. The average Bonchev–Trinajstić information content (AvgIpc) is 2.39. The fourth-order valence-corrected chi connectivity index (χ4v) is 2.29. The molecule has 1 amide bonds. The van der Waals surface area contributed by atoms with Gasteiger partial charge in [0.25, 0.3) is 5.91 Å².